The molecule has 122 valence electrons. The van der Waals surface area contributed by atoms with Gasteiger partial charge in [-0.1, -0.05) is 24.9 Å². The number of hydrogen-bond donors (Lipinski definition) is 2. The summed E-state index contributed by atoms with van der Waals surface area (Å²) in [4.78, 5) is 23.5. The van der Waals surface area contributed by atoms with Gasteiger partial charge in [0.05, 0.1) is 11.2 Å². The van der Waals surface area contributed by atoms with Gasteiger partial charge in [0.1, 0.15) is 6.54 Å². The van der Waals surface area contributed by atoms with Crippen LogP contribution >= 0.6 is 11.6 Å². The van der Waals surface area contributed by atoms with Crippen molar-refractivity contribution in [2.24, 2.45) is 0 Å². The molecule has 0 atom stereocenters. The zero-order chi connectivity index (χ0) is 16.7. The van der Waals surface area contributed by atoms with Gasteiger partial charge in [-0.25, -0.2) is 0 Å². The molecule has 23 heavy (non-hydrogen) atoms. The van der Waals surface area contributed by atoms with Gasteiger partial charge in [-0.2, -0.15) is 5.10 Å². The number of nitrogens with one attached hydrogen (secondary N) is 2. The van der Waals surface area contributed by atoms with E-state index in [1.807, 2.05) is 6.92 Å². The fourth-order valence-corrected chi connectivity index (χ4v) is 2.13. The third-order valence-corrected chi connectivity index (χ3v) is 3.31. The lowest BCUT2D eigenvalue weighted by Gasteiger charge is -2.08. The Morgan fingerprint density at radius 3 is 2.26 bits per heavy atom. The first-order chi connectivity index (χ1) is 11.1. The Morgan fingerprint density at radius 1 is 1.13 bits per heavy atom. The van der Waals surface area contributed by atoms with Crippen molar-refractivity contribution in [2.75, 3.05) is 10.6 Å². The molecule has 0 aliphatic carbocycles. The number of rotatable bonds is 7. The van der Waals surface area contributed by atoms with E-state index >= 15 is 0 Å². The molecule has 2 aromatic rings. The highest BCUT2D eigenvalue weighted by Crippen LogP contribution is 2.14. The molecule has 2 N–H and O–H groups in total. The number of anilines is 2. The van der Waals surface area contributed by atoms with Crippen LogP contribution in [0.2, 0.25) is 5.02 Å². The lowest BCUT2D eigenvalue weighted by atomic mass is 10.2. The van der Waals surface area contributed by atoms with Crippen molar-refractivity contribution >= 4 is 34.8 Å². The highest BCUT2D eigenvalue weighted by Gasteiger charge is 2.06. The van der Waals surface area contributed by atoms with Crippen LogP contribution in [-0.2, 0) is 16.1 Å². The maximum atomic E-state index is 11.9. The van der Waals surface area contributed by atoms with E-state index in [4.69, 9.17) is 11.6 Å². The summed E-state index contributed by atoms with van der Waals surface area (Å²) in [5.74, 6) is -0.205. The minimum absolute atomic E-state index is 0.000744. The van der Waals surface area contributed by atoms with E-state index in [0.29, 0.717) is 22.8 Å². The standard InChI is InChI=1S/C16H19ClN4O2/c1-2-3-4-15(22)19-13-5-7-14(8-6-13)20-16(23)11-21-10-12(17)9-18-21/h5-10H,2-4,11H2,1H3,(H,19,22)(H,20,23). The fourth-order valence-electron chi connectivity index (χ4n) is 1.97. The molecule has 0 bridgehead atoms. The second kappa shape index (κ2) is 8.33. The fraction of sp³-hybridized carbons (Fsp3) is 0.312. The number of amides is 2. The van der Waals surface area contributed by atoms with Crippen molar-refractivity contribution < 1.29 is 9.59 Å². The summed E-state index contributed by atoms with van der Waals surface area (Å²) in [5.41, 5.74) is 1.36. The lowest BCUT2D eigenvalue weighted by Crippen LogP contribution is -2.19. The van der Waals surface area contributed by atoms with Crippen LogP contribution in [0.15, 0.2) is 36.7 Å². The van der Waals surface area contributed by atoms with Gasteiger partial charge >= 0.3 is 0 Å². The van der Waals surface area contributed by atoms with E-state index in [9.17, 15) is 9.59 Å². The number of hydrogen-bond acceptors (Lipinski definition) is 3. The third kappa shape index (κ3) is 5.75. The van der Waals surface area contributed by atoms with Gasteiger partial charge in [-0.3, -0.25) is 14.3 Å². The van der Waals surface area contributed by atoms with Gasteiger partial charge in [0, 0.05) is 24.0 Å². The summed E-state index contributed by atoms with van der Waals surface area (Å²) in [5, 5.41) is 10.0. The van der Waals surface area contributed by atoms with Gasteiger partial charge in [0.15, 0.2) is 0 Å². The second-order valence-electron chi connectivity index (χ2n) is 5.13. The summed E-state index contributed by atoms with van der Waals surface area (Å²) in [6, 6.07) is 6.99. The van der Waals surface area contributed by atoms with E-state index in [2.05, 4.69) is 15.7 Å². The molecule has 0 saturated heterocycles. The molecule has 0 aliphatic heterocycles. The number of carbonyl (C=O) groups is 2. The Hall–Kier alpha value is -2.34. The molecule has 2 rings (SSSR count). The first kappa shape index (κ1) is 17.0. The minimum Gasteiger partial charge on any atom is -0.326 e. The zero-order valence-corrected chi connectivity index (χ0v) is 13.6. The van der Waals surface area contributed by atoms with Crippen molar-refractivity contribution in [3.05, 3.63) is 41.7 Å². The summed E-state index contributed by atoms with van der Waals surface area (Å²) in [7, 11) is 0. The molecular formula is C16H19ClN4O2. The molecule has 7 heteroatoms. The Morgan fingerprint density at radius 2 is 1.74 bits per heavy atom. The van der Waals surface area contributed by atoms with Crippen LogP contribution in [0.25, 0.3) is 0 Å². The molecular weight excluding hydrogens is 316 g/mol. The summed E-state index contributed by atoms with van der Waals surface area (Å²) in [6.45, 7) is 2.13. The Balaban J connectivity index is 1.84. The van der Waals surface area contributed by atoms with Crippen molar-refractivity contribution in [1.82, 2.24) is 9.78 Å². The predicted molar refractivity (Wildman–Crippen MR) is 90.5 cm³/mol. The first-order valence-corrected chi connectivity index (χ1v) is 7.82. The minimum atomic E-state index is -0.204. The van der Waals surface area contributed by atoms with Gasteiger partial charge in [-0.05, 0) is 30.7 Å². The molecule has 0 aliphatic rings. The average Bonchev–Trinajstić information content (AvgIpc) is 2.92. The van der Waals surface area contributed by atoms with Crippen molar-refractivity contribution in [3.63, 3.8) is 0 Å². The van der Waals surface area contributed by atoms with Crippen molar-refractivity contribution in [1.29, 1.82) is 0 Å². The van der Waals surface area contributed by atoms with Crippen LogP contribution in [0.4, 0.5) is 11.4 Å². The molecule has 0 unspecified atom stereocenters. The summed E-state index contributed by atoms with van der Waals surface area (Å²) >= 11 is 5.75. The van der Waals surface area contributed by atoms with E-state index in [0.717, 1.165) is 12.8 Å². The number of halogens is 1. The van der Waals surface area contributed by atoms with Crippen LogP contribution < -0.4 is 10.6 Å². The molecule has 0 fully saturated rings. The van der Waals surface area contributed by atoms with Crippen LogP contribution in [0.3, 0.4) is 0 Å². The molecule has 1 aromatic heterocycles. The van der Waals surface area contributed by atoms with E-state index < -0.39 is 0 Å². The number of carbonyl (C=O) groups excluding carboxylic acids is 2. The molecule has 1 heterocycles. The highest BCUT2D eigenvalue weighted by atomic mass is 35.5. The van der Waals surface area contributed by atoms with Gasteiger partial charge in [0.2, 0.25) is 11.8 Å². The number of aromatic nitrogens is 2. The lowest BCUT2D eigenvalue weighted by molar-refractivity contribution is -0.117. The molecule has 2 amide bonds. The first-order valence-electron chi connectivity index (χ1n) is 7.44. The van der Waals surface area contributed by atoms with E-state index in [1.165, 1.54) is 10.9 Å². The highest BCUT2D eigenvalue weighted by molar-refractivity contribution is 6.30. The molecule has 0 saturated carbocycles. The number of benzene rings is 1. The van der Waals surface area contributed by atoms with Crippen LogP contribution in [0, 0.1) is 0 Å². The zero-order valence-electron chi connectivity index (χ0n) is 12.9. The van der Waals surface area contributed by atoms with Gasteiger partial charge in [-0.15, -0.1) is 0 Å². The molecule has 6 nitrogen and oxygen atoms in total. The molecule has 0 radical (unpaired) electrons. The van der Waals surface area contributed by atoms with Gasteiger partial charge in [0.25, 0.3) is 0 Å². The third-order valence-electron chi connectivity index (χ3n) is 3.12. The van der Waals surface area contributed by atoms with Gasteiger partial charge < -0.3 is 10.6 Å². The maximum absolute atomic E-state index is 11.9. The SMILES string of the molecule is CCCCC(=O)Nc1ccc(NC(=O)Cn2cc(Cl)cn2)cc1. The second-order valence-corrected chi connectivity index (χ2v) is 5.57. The Labute approximate surface area is 139 Å². The van der Waals surface area contributed by atoms with E-state index in [1.54, 1.807) is 30.5 Å². The maximum Gasteiger partial charge on any atom is 0.246 e. The summed E-state index contributed by atoms with van der Waals surface area (Å²) < 4.78 is 1.46. The Kier molecular flexibility index (Phi) is 6.17. The van der Waals surface area contributed by atoms with Crippen LogP contribution in [0.5, 0.6) is 0 Å². The smallest absolute Gasteiger partial charge is 0.246 e. The Bertz CT molecular complexity index is 667. The topological polar surface area (TPSA) is 76.0 Å². The van der Waals surface area contributed by atoms with Crippen LogP contribution in [0.1, 0.15) is 26.2 Å². The average molecular weight is 335 g/mol. The van der Waals surface area contributed by atoms with E-state index in [-0.39, 0.29) is 18.4 Å². The summed E-state index contributed by atoms with van der Waals surface area (Å²) in [6.07, 6.45) is 5.43. The molecule has 0 spiro atoms. The normalized spacial score (nSPS) is 10.3. The predicted octanol–water partition coefficient (Wildman–Crippen LogP) is 3.30. The van der Waals surface area contributed by atoms with Crippen molar-refractivity contribution in [2.45, 2.75) is 32.7 Å². The van der Waals surface area contributed by atoms with Crippen LogP contribution in [-0.4, -0.2) is 21.6 Å². The monoisotopic (exact) mass is 334 g/mol. The number of nitrogens with zero attached hydrogens (tertiary/aromatic N) is 2. The van der Waals surface area contributed by atoms with Crippen molar-refractivity contribution in [3.8, 4) is 0 Å². The number of unbranched alkanes of at least 4 members (excludes halogenated alkanes) is 1. The quantitative estimate of drug-likeness (QED) is 0.815. The largest absolute Gasteiger partial charge is 0.326 e. The molecule has 1 aromatic carbocycles.